The average Bonchev–Trinajstić information content (AvgIpc) is 2.38. The zero-order chi connectivity index (χ0) is 16.2. The van der Waals surface area contributed by atoms with E-state index in [0.29, 0.717) is 6.54 Å². The van der Waals surface area contributed by atoms with Gasteiger partial charge in [0.2, 0.25) is 10.0 Å². The van der Waals surface area contributed by atoms with Crippen molar-refractivity contribution in [2.45, 2.75) is 24.8 Å². The molecule has 0 aliphatic heterocycles. The number of carbonyl (C=O) groups is 1. The lowest BCUT2D eigenvalue weighted by molar-refractivity contribution is 0.0691. The Bertz CT molecular complexity index is 617. The van der Waals surface area contributed by atoms with Crippen LogP contribution in [-0.4, -0.2) is 50.6 Å². The summed E-state index contributed by atoms with van der Waals surface area (Å²) in [6, 6.07) is 2.96. The van der Waals surface area contributed by atoms with Crippen molar-refractivity contribution in [3.8, 4) is 0 Å². The highest BCUT2D eigenvalue weighted by Crippen LogP contribution is 2.15. The fourth-order valence-electron chi connectivity index (χ4n) is 1.53. The first kappa shape index (κ1) is 17.5. The molecule has 8 heteroatoms. The van der Waals surface area contributed by atoms with Crippen LogP contribution in [0, 0.1) is 5.82 Å². The van der Waals surface area contributed by atoms with E-state index in [9.17, 15) is 17.6 Å². The summed E-state index contributed by atoms with van der Waals surface area (Å²) >= 11 is 0. The second-order valence-electron chi connectivity index (χ2n) is 4.92. The number of sulfonamides is 1. The van der Waals surface area contributed by atoms with Gasteiger partial charge in [-0.1, -0.05) is 0 Å². The molecule has 0 amide bonds. The van der Waals surface area contributed by atoms with Gasteiger partial charge in [0.05, 0.1) is 10.5 Å². The number of hydrogen-bond acceptors (Lipinski definition) is 4. The molecule has 0 atom stereocenters. The average molecular weight is 318 g/mol. The number of aromatic carboxylic acids is 1. The second kappa shape index (κ2) is 6.97. The first-order valence-corrected chi connectivity index (χ1v) is 7.86. The van der Waals surface area contributed by atoms with Crippen molar-refractivity contribution in [2.75, 3.05) is 20.1 Å². The summed E-state index contributed by atoms with van der Waals surface area (Å²) in [5, 5.41) is 8.80. The van der Waals surface area contributed by atoms with Gasteiger partial charge in [0.15, 0.2) is 0 Å². The maximum atomic E-state index is 13.3. The molecule has 0 heterocycles. The van der Waals surface area contributed by atoms with Crippen molar-refractivity contribution < 1.29 is 22.7 Å². The Kier molecular flexibility index (Phi) is 5.82. The Hall–Kier alpha value is -1.51. The minimum atomic E-state index is -3.86. The van der Waals surface area contributed by atoms with Gasteiger partial charge in [0.25, 0.3) is 0 Å². The van der Waals surface area contributed by atoms with Gasteiger partial charge in [-0.25, -0.2) is 22.3 Å². The molecule has 118 valence electrons. The summed E-state index contributed by atoms with van der Waals surface area (Å²) in [7, 11) is -2.00. The molecule has 1 aromatic rings. The van der Waals surface area contributed by atoms with Crippen molar-refractivity contribution in [3.63, 3.8) is 0 Å². The number of carboxylic acid groups (broad SMARTS) is 1. The van der Waals surface area contributed by atoms with Crippen LogP contribution in [-0.2, 0) is 10.0 Å². The van der Waals surface area contributed by atoms with E-state index >= 15 is 0 Å². The van der Waals surface area contributed by atoms with Crippen LogP contribution in [0.4, 0.5) is 4.39 Å². The molecule has 0 radical (unpaired) electrons. The van der Waals surface area contributed by atoms with Gasteiger partial charge >= 0.3 is 5.97 Å². The molecule has 0 saturated heterocycles. The van der Waals surface area contributed by atoms with E-state index in [1.165, 1.54) is 0 Å². The minimum Gasteiger partial charge on any atom is -0.478 e. The van der Waals surface area contributed by atoms with E-state index in [1.54, 1.807) is 0 Å². The number of carboxylic acids is 1. The number of rotatable bonds is 7. The molecule has 0 unspecified atom stereocenters. The molecule has 0 spiro atoms. The molecule has 0 aliphatic rings. The standard InChI is InChI=1S/C13H19FN2O4S/c1-9(2)16(3)7-6-15-21(19,20)10-4-5-12(14)11(8-10)13(17)18/h4-5,8-9,15H,6-7H2,1-3H3,(H,17,18). The molecule has 2 N–H and O–H groups in total. The maximum absolute atomic E-state index is 13.3. The van der Waals surface area contributed by atoms with Gasteiger partial charge in [0.1, 0.15) is 5.82 Å². The van der Waals surface area contributed by atoms with Crippen LogP contribution < -0.4 is 4.72 Å². The zero-order valence-electron chi connectivity index (χ0n) is 12.1. The topological polar surface area (TPSA) is 86.7 Å². The monoisotopic (exact) mass is 318 g/mol. The number of halogens is 1. The fourth-order valence-corrected chi connectivity index (χ4v) is 2.58. The Morgan fingerprint density at radius 2 is 2.05 bits per heavy atom. The minimum absolute atomic E-state index is 0.177. The van der Waals surface area contributed by atoms with Crippen LogP contribution >= 0.6 is 0 Å². The Labute approximate surface area is 123 Å². The van der Waals surface area contributed by atoms with E-state index in [2.05, 4.69) is 4.72 Å². The van der Waals surface area contributed by atoms with E-state index in [-0.39, 0.29) is 17.5 Å². The summed E-state index contributed by atoms with van der Waals surface area (Å²) in [6.45, 7) is 4.64. The number of nitrogens with one attached hydrogen (secondary N) is 1. The van der Waals surface area contributed by atoms with Crippen molar-refractivity contribution in [1.82, 2.24) is 9.62 Å². The van der Waals surface area contributed by atoms with E-state index in [0.717, 1.165) is 18.2 Å². The fraction of sp³-hybridized carbons (Fsp3) is 0.462. The predicted octanol–water partition coefficient (Wildman–Crippen LogP) is 1.14. The normalized spacial score (nSPS) is 12.1. The molecular weight excluding hydrogens is 299 g/mol. The van der Waals surface area contributed by atoms with Crippen LogP contribution in [0.1, 0.15) is 24.2 Å². The summed E-state index contributed by atoms with van der Waals surface area (Å²) < 4.78 is 39.7. The molecule has 21 heavy (non-hydrogen) atoms. The lowest BCUT2D eigenvalue weighted by Crippen LogP contribution is -2.36. The van der Waals surface area contributed by atoms with Crippen LogP contribution in [0.3, 0.4) is 0 Å². The Morgan fingerprint density at radius 3 is 2.57 bits per heavy atom. The third-order valence-electron chi connectivity index (χ3n) is 3.12. The molecule has 0 saturated carbocycles. The second-order valence-corrected chi connectivity index (χ2v) is 6.69. The van der Waals surface area contributed by atoms with Crippen molar-refractivity contribution in [1.29, 1.82) is 0 Å². The SMILES string of the molecule is CC(C)N(C)CCNS(=O)(=O)c1ccc(F)c(C(=O)O)c1. The number of hydrogen-bond donors (Lipinski definition) is 2. The van der Waals surface area contributed by atoms with Gasteiger partial charge in [-0.3, -0.25) is 0 Å². The van der Waals surface area contributed by atoms with Crippen LogP contribution in [0.5, 0.6) is 0 Å². The summed E-state index contributed by atoms with van der Waals surface area (Å²) in [5.41, 5.74) is -0.669. The lowest BCUT2D eigenvalue weighted by Gasteiger charge is -2.20. The van der Waals surface area contributed by atoms with Crippen LogP contribution in [0.15, 0.2) is 23.1 Å². The summed E-state index contributed by atoms with van der Waals surface area (Å²) in [6.07, 6.45) is 0. The first-order chi connectivity index (χ1) is 9.65. The molecule has 1 rings (SSSR count). The molecule has 0 bridgehead atoms. The first-order valence-electron chi connectivity index (χ1n) is 6.38. The molecule has 0 aromatic heterocycles. The molecular formula is C13H19FN2O4S. The van der Waals surface area contributed by atoms with Crippen LogP contribution in [0.25, 0.3) is 0 Å². The highest BCUT2D eigenvalue weighted by atomic mass is 32.2. The summed E-state index contributed by atoms with van der Waals surface area (Å²) in [4.78, 5) is 12.5. The lowest BCUT2D eigenvalue weighted by atomic mass is 10.2. The number of likely N-dealkylation sites (N-methyl/N-ethyl adjacent to an activating group) is 1. The van der Waals surface area contributed by atoms with Crippen LogP contribution in [0.2, 0.25) is 0 Å². The van der Waals surface area contributed by atoms with Gasteiger partial charge in [0, 0.05) is 19.1 Å². The van der Waals surface area contributed by atoms with Crippen molar-refractivity contribution >= 4 is 16.0 Å². The maximum Gasteiger partial charge on any atom is 0.338 e. The highest BCUT2D eigenvalue weighted by molar-refractivity contribution is 7.89. The highest BCUT2D eigenvalue weighted by Gasteiger charge is 2.19. The number of nitrogens with zero attached hydrogens (tertiary/aromatic N) is 1. The van der Waals surface area contributed by atoms with Crippen molar-refractivity contribution in [3.05, 3.63) is 29.6 Å². The largest absolute Gasteiger partial charge is 0.478 e. The van der Waals surface area contributed by atoms with Gasteiger partial charge in [-0.05, 0) is 39.1 Å². The van der Waals surface area contributed by atoms with E-state index in [1.807, 2.05) is 25.8 Å². The van der Waals surface area contributed by atoms with Gasteiger partial charge in [-0.2, -0.15) is 0 Å². The van der Waals surface area contributed by atoms with E-state index in [4.69, 9.17) is 5.11 Å². The van der Waals surface area contributed by atoms with E-state index < -0.39 is 27.4 Å². The predicted molar refractivity (Wildman–Crippen MR) is 76.3 cm³/mol. The zero-order valence-corrected chi connectivity index (χ0v) is 12.9. The molecule has 1 aromatic carbocycles. The molecule has 0 aliphatic carbocycles. The summed E-state index contributed by atoms with van der Waals surface area (Å²) in [5.74, 6) is -2.48. The van der Waals surface area contributed by atoms with Crippen molar-refractivity contribution in [2.24, 2.45) is 0 Å². The Balaban J connectivity index is 2.84. The third kappa shape index (κ3) is 4.76. The van der Waals surface area contributed by atoms with Gasteiger partial charge < -0.3 is 10.0 Å². The molecule has 6 nitrogen and oxygen atoms in total. The Morgan fingerprint density at radius 1 is 1.43 bits per heavy atom. The number of benzene rings is 1. The van der Waals surface area contributed by atoms with Gasteiger partial charge in [-0.15, -0.1) is 0 Å². The third-order valence-corrected chi connectivity index (χ3v) is 4.58. The quantitative estimate of drug-likeness (QED) is 0.787. The molecule has 0 fully saturated rings. The smallest absolute Gasteiger partial charge is 0.338 e.